The van der Waals surface area contributed by atoms with Crippen molar-refractivity contribution in [3.05, 3.63) is 58.7 Å². The first-order valence-corrected chi connectivity index (χ1v) is 11.1. The third-order valence-corrected chi connectivity index (χ3v) is 6.59. The zero-order chi connectivity index (χ0) is 19.6. The molecule has 1 N–H and O–H groups in total. The lowest BCUT2D eigenvalue weighted by Crippen LogP contribution is -2.35. The van der Waals surface area contributed by atoms with Gasteiger partial charge < -0.3 is 10.1 Å². The number of hydrogen-bond acceptors (Lipinski definition) is 7. The van der Waals surface area contributed by atoms with Gasteiger partial charge in [-0.2, -0.15) is 0 Å². The lowest BCUT2D eigenvalue weighted by molar-refractivity contribution is 0.0342. The number of fused-ring (bicyclic) bond motifs is 1. The highest BCUT2D eigenvalue weighted by Gasteiger charge is 2.13. The Balaban J connectivity index is 1.28. The van der Waals surface area contributed by atoms with E-state index in [1.165, 1.54) is 17.4 Å². The molecule has 1 aliphatic rings. The minimum atomic E-state index is -0.293. The molecule has 8 heteroatoms. The van der Waals surface area contributed by atoms with Crippen LogP contribution in [0, 0.1) is 5.82 Å². The number of benzene rings is 2. The van der Waals surface area contributed by atoms with Gasteiger partial charge in [0.15, 0.2) is 5.13 Å². The second-order valence-corrected chi connectivity index (χ2v) is 8.80. The van der Waals surface area contributed by atoms with Gasteiger partial charge in [0.2, 0.25) is 0 Å². The number of ether oxygens (including phenoxy) is 1. The van der Waals surface area contributed by atoms with Gasteiger partial charge in [-0.1, -0.05) is 29.5 Å². The Bertz CT molecular complexity index is 1120. The van der Waals surface area contributed by atoms with Crippen molar-refractivity contribution >= 4 is 43.7 Å². The number of hydrogen-bond donors (Lipinski definition) is 1. The van der Waals surface area contributed by atoms with Crippen LogP contribution in [0.2, 0.25) is 0 Å². The molecule has 3 heterocycles. The van der Waals surface area contributed by atoms with Crippen molar-refractivity contribution in [2.45, 2.75) is 6.54 Å². The average Bonchev–Trinajstić information content (AvgIpc) is 3.37. The van der Waals surface area contributed by atoms with Crippen molar-refractivity contribution in [3.8, 4) is 11.3 Å². The SMILES string of the molecule is Fc1cccc2sc(Nc3ccc(-c4csc(CN5CCOCC5)n4)cc3)nc12. The zero-order valence-corrected chi connectivity index (χ0v) is 17.2. The molecule has 4 aromatic rings. The maximum absolute atomic E-state index is 13.8. The van der Waals surface area contributed by atoms with Gasteiger partial charge in [-0.05, 0) is 24.3 Å². The third kappa shape index (κ3) is 4.16. The fourth-order valence-electron chi connectivity index (χ4n) is 3.28. The quantitative estimate of drug-likeness (QED) is 0.479. The molecule has 1 fully saturated rings. The van der Waals surface area contributed by atoms with Crippen molar-refractivity contribution in [1.82, 2.24) is 14.9 Å². The Morgan fingerprint density at radius 2 is 1.90 bits per heavy atom. The molecule has 1 saturated heterocycles. The first-order valence-electron chi connectivity index (χ1n) is 9.42. The van der Waals surface area contributed by atoms with E-state index in [-0.39, 0.29) is 5.82 Å². The number of para-hydroxylation sites is 1. The fourth-order valence-corrected chi connectivity index (χ4v) is 5.03. The van der Waals surface area contributed by atoms with Crippen LogP contribution < -0.4 is 5.32 Å². The molecule has 5 rings (SSSR count). The molecule has 0 radical (unpaired) electrons. The summed E-state index contributed by atoms with van der Waals surface area (Å²) >= 11 is 3.14. The van der Waals surface area contributed by atoms with Gasteiger partial charge in [0.1, 0.15) is 16.3 Å². The summed E-state index contributed by atoms with van der Waals surface area (Å²) in [4.78, 5) is 11.5. The van der Waals surface area contributed by atoms with E-state index in [4.69, 9.17) is 9.72 Å². The highest BCUT2D eigenvalue weighted by molar-refractivity contribution is 7.22. The maximum atomic E-state index is 13.8. The molecule has 0 saturated carbocycles. The van der Waals surface area contributed by atoms with E-state index in [9.17, 15) is 4.39 Å². The largest absolute Gasteiger partial charge is 0.379 e. The Labute approximate surface area is 175 Å². The predicted molar refractivity (Wildman–Crippen MR) is 117 cm³/mol. The Morgan fingerprint density at radius 3 is 2.69 bits per heavy atom. The first kappa shape index (κ1) is 18.6. The predicted octanol–water partition coefficient (Wildman–Crippen LogP) is 5.13. The van der Waals surface area contributed by atoms with Crippen molar-refractivity contribution in [3.63, 3.8) is 0 Å². The van der Waals surface area contributed by atoms with E-state index in [0.29, 0.717) is 10.6 Å². The van der Waals surface area contributed by atoms with Crippen LogP contribution in [0.3, 0.4) is 0 Å². The lowest BCUT2D eigenvalue weighted by atomic mass is 10.1. The second-order valence-electron chi connectivity index (χ2n) is 6.82. The molecular formula is C21H19FN4OS2. The number of halogens is 1. The highest BCUT2D eigenvalue weighted by Crippen LogP contribution is 2.30. The lowest BCUT2D eigenvalue weighted by Gasteiger charge is -2.25. The molecule has 0 bridgehead atoms. The number of thiazole rings is 2. The van der Waals surface area contributed by atoms with Crippen molar-refractivity contribution in [2.24, 2.45) is 0 Å². The Kier molecular flexibility index (Phi) is 5.24. The first-order chi connectivity index (χ1) is 14.2. The number of nitrogens with one attached hydrogen (secondary N) is 1. The third-order valence-electron chi connectivity index (χ3n) is 4.82. The van der Waals surface area contributed by atoms with E-state index >= 15 is 0 Å². The van der Waals surface area contributed by atoms with Gasteiger partial charge >= 0.3 is 0 Å². The molecule has 148 valence electrons. The number of rotatable bonds is 5. The van der Waals surface area contributed by atoms with E-state index in [0.717, 1.165) is 59.5 Å². The van der Waals surface area contributed by atoms with Gasteiger partial charge in [-0.3, -0.25) is 4.90 Å². The fraction of sp³-hybridized carbons (Fsp3) is 0.238. The van der Waals surface area contributed by atoms with Crippen molar-refractivity contribution in [1.29, 1.82) is 0 Å². The smallest absolute Gasteiger partial charge is 0.188 e. The molecule has 0 atom stereocenters. The van der Waals surface area contributed by atoms with Gasteiger partial charge in [-0.25, -0.2) is 14.4 Å². The van der Waals surface area contributed by atoms with E-state index in [1.807, 2.05) is 30.3 Å². The van der Waals surface area contributed by atoms with Gasteiger partial charge in [0, 0.05) is 29.7 Å². The minimum absolute atomic E-state index is 0.293. The van der Waals surface area contributed by atoms with Gasteiger partial charge in [-0.15, -0.1) is 11.3 Å². The van der Waals surface area contributed by atoms with Crippen molar-refractivity contribution in [2.75, 3.05) is 31.6 Å². The Hall–Kier alpha value is -2.39. The average molecular weight is 427 g/mol. The molecule has 2 aromatic heterocycles. The summed E-state index contributed by atoms with van der Waals surface area (Å²) in [5.74, 6) is -0.293. The second kappa shape index (κ2) is 8.16. The molecule has 2 aromatic carbocycles. The van der Waals surface area contributed by atoms with Crippen LogP contribution in [-0.4, -0.2) is 41.2 Å². The highest BCUT2D eigenvalue weighted by atomic mass is 32.1. The molecule has 0 aliphatic carbocycles. The summed E-state index contributed by atoms with van der Waals surface area (Å²) in [6.07, 6.45) is 0. The van der Waals surface area contributed by atoms with Crippen LogP contribution in [0.15, 0.2) is 47.8 Å². The van der Waals surface area contributed by atoms with Gasteiger partial charge in [0.25, 0.3) is 0 Å². The van der Waals surface area contributed by atoms with Crippen molar-refractivity contribution < 1.29 is 9.13 Å². The Morgan fingerprint density at radius 1 is 1.07 bits per heavy atom. The monoisotopic (exact) mass is 426 g/mol. The van der Waals surface area contributed by atoms with Crippen LogP contribution in [0.1, 0.15) is 5.01 Å². The minimum Gasteiger partial charge on any atom is -0.379 e. The summed E-state index contributed by atoms with van der Waals surface area (Å²) in [6.45, 7) is 4.40. The molecule has 5 nitrogen and oxygen atoms in total. The zero-order valence-electron chi connectivity index (χ0n) is 15.6. The molecule has 1 aliphatic heterocycles. The number of aromatic nitrogens is 2. The van der Waals surface area contributed by atoms with Crippen LogP contribution in [0.4, 0.5) is 15.2 Å². The molecule has 0 unspecified atom stereocenters. The summed E-state index contributed by atoms with van der Waals surface area (Å²) < 4.78 is 20.1. The van der Waals surface area contributed by atoms with E-state index < -0.39 is 0 Å². The topological polar surface area (TPSA) is 50.3 Å². The van der Waals surface area contributed by atoms with Crippen LogP contribution in [-0.2, 0) is 11.3 Å². The normalized spacial score (nSPS) is 15.1. The van der Waals surface area contributed by atoms with Crippen LogP contribution in [0.25, 0.3) is 21.5 Å². The number of morpholine rings is 1. The van der Waals surface area contributed by atoms with E-state index in [1.54, 1.807) is 17.4 Å². The summed E-state index contributed by atoms with van der Waals surface area (Å²) in [7, 11) is 0. The summed E-state index contributed by atoms with van der Waals surface area (Å²) in [6, 6.07) is 13.1. The molecule has 29 heavy (non-hydrogen) atoms. The maximum Gasteiger partial charge on any atom is 0.188 e. The number of nitrogens with zero attached hydrogens (tertiary/aromatic N) is 3. The number of anilines is 2. The van der Waals surface area contributed by atoms with Crippen LogP contribution >= 0.6 is 22.7 Å². The molecular weight excluding hydrogens is 407 g/mol. The summed E-state index contributed by atoms with van der Waals surface area (Å²) in [5, 5.41) is 7.17. The standard InChI is InChI=1S/C21H19FN4OS2/c22-16-2-1-3-18-20(16)25-21(29-18)23-15-6-4-14(5-7-15)17-13-28-19(24-17)12-26-8-10-27-11-9-26/h1-7,13H,8-12H2,(H,23,25). The van der Waals surface area contributed by atoms with Gasteiger partial charge in [0.05, 0.1) is 30.2 Å². The summed E-state index contributed by atoms with van der Waals surface area (Å²) in [5.41, 5.74) is 3.39. The van der Waals surface area contributed by atoms with E-state index in [2.05, 4.69) is 20.6 Å². The van der Waals surface area contributed by atoms with Crippen LogP contribution in [0.5, 0.6) is 0 Å². The molecule has 0 spiro atoms. The molecule has 0 amide bonds.